The molecule has 1 aliphatic rings. The zero-order valence-corrected chi connectivity index (χ0v) is 9.95. The molecule has 0 aromatic heterocycles. The van der Waals surface area contributed by atoms with E-state index >= 15 is 0 Å². The van der Waals surface area contributed by atoms with E-state index in [4.69, 9.17) is 0 Å². The van der Waals surface area contributed by atoms with Gasteiger partial charge in [-0.05, 0) is 36.7 Å². The van der Waals surface area contributed by atoms with Crippen LogP contribution in [0.2, 0.25) is 0 Å². The van der Waals surface area contributed by atoms with Crippen LogP contribution in [0.4, 0.5) is 4.39 Å². The second-order valence-electron chi connectivity index (χ2n) is 4.60. The summed E-state index contributed by atoms with van der Waals surface area (Å²) in [5.74, 6) is 0.391. The van der Waals surface area contributed by atoms with E-state index in [1.54, 1.807) is 24.1 Å². The maximum Gasteiger partial charge on any atom is 0.222 e. The van der Waals surface area contributed by atoms with Crippen LogP contribution in [0.25, 0.3) is 0 Å². The maximum atomic E-state index is 12.7. The first-order valence-electron chi connectivity index (χ1n) is 5.84. The number of nitrogens with one attached hydrogen (secondary N) is 1. The smallest absolute Gasteiger partial charge is 0.222 e. The molecule has 92 valence electrons. The van der Waals surface area contributed by atoms with Crippen LogP contribution in [0.5, 0.6) is 0 Å². The van der Waals surface area contributed by atoms with Crippen molar-refractivity contribution in [2.75, 3.05) is 20.1 Å². The third-order valence-corrected chi connectivity index (χ3v) is 3.09. The van der Waals surface area contributed by atoms with Crippen molar-refractivity contribution in [3.05, 3.63) is 35.6 Å². The molecule has 1 amide bonds. The Labute approximate surface area is 101 Å². The van der Waals surface area contributed by atoms with Crippen molar-refractivity contribution in [2.24, 2.45) is 5.92 Å². The average Bonchev–Trinajstić information content (AvgIpc) is 2.26. The van der Waals surface area contributed by atoms with Gasteiger partial charge in [-0.3, -0.25) is 4.79 Å². The summed E-state index contributed by atoms with van der Waals surface area (Å²) in [5.41, 5.74) is 0.953. The van der Waals surface area contributed by atoms with E-state index in [0.29, 0.717) is 18.9 Å². The number of halogens is 1. The summed E-state index contributed by atoms with van der Waals surface area (Å²) in [6.07, 6.45) is 0.602. The fraction of sp³-hybridized carbons (Fsp3) is 0.462. The van der Waals surface area contributed by atoms with E-state index in [9.17, 15) is 9.18 Å². The van der Waals surface area contributed by atoms with Gasteiger partial charge in [0.2, 0.25) is 5.91 Å². The molecule has 0 unspecified atom stereocenters. The number of rotatable bonds is 4. The number of hydrogen-bond acceptors (Lipinski definition) is 2. The average molecular weight is 236 g/mol. The Morgan fingerprint density at radius 2 is 2.06 bits per heavy atom. The highest BCUT2D eigenvalue weighted by Crippen LogP contribution is 2.12. The maximum absolute atomic E-state index is 12.7. The third kappa shape index (κ3) is 3.27. The summed E-state index contributed by atoms with van der Waals surface area (Å²) in [4.78, 5) is 13.5. The van der Waals surface area contributed by atoms with Crippen molar-refractivity contribution in [3.63, 3.8) is 0 Å². The van der Waals surface area contributed by atoms with Gasteiger partial charge in [0, 0.05) is 20.0 Å². The lowest BCUT2D eigenvalue weighted by Gasteiger charge is -2.28. The van der Waals surface area contributed by atoms with Crippen LogP contribution in [0.1, 0.15) is 12.0 Å². The van der Waals surface area contributed by atoms with E-state index < -0.39 is 0 Å². The molecule has 2 rings (SSSR count). The summed E-state index contributed by atoms with van der Waals surface area (Å²) in [6.45, 7) is 2.42. The fourth-order valence-electron chi connectivity index (χ4n) is 1.85. The van der Waals surface area contributed by atoms with E-state index in [1.165, 1.54) is 12.1 Å². The van der Waals surface area contributed by atoms with Crippen LogP contribution in [-0.2, 0) is 11.3 Å². The van der Waals surface area contributed by atoms with E-state index in [1.807, 2.05) is 0 Å². The van der Waals surface area contributed by atoms with Crippen molar-refractivity contribution in [3.8, 4) is 0 Å². The number of hydrogen-bond donors (Lipinski definition) is 1. The van der Waals surface area contributed by atoms with Crippen molar-refractivity contribution >= 4 is 5.91 Å². The lowest BCUT2D eigenvalue weighted by Crippen LogP contribution is -2.44. The van der Waals surface area contributed by atoms with Crippen LogP contribution >= 0.6 is 0 Å². The van der Waals surface area contributed by atoms with Gasteiger partial charge >= 0.3 is 0 Å². The first-order valence-corrected chi connectivity index (χ1v) is 5.84. The molecule has 0 radical (unpaired) electrons. The molecule has 0 aliphatic carbocycles. The summed E-state index contributed by atoms with van der Waals surface area (Å²) in [7, 11) is 1.79. The summed E-state index contributed by atoms with van der Waals surface area (Å²) in [5, 5.41) is 3.15. The number of benzene rings is 1. The Kier molecular flexibility index (Phi) is 3.74. The summed E-state index contributed by atoms with van der Waals surface area (Å²) in [6, 6.07) is 6.26. The first kappa shape index (κ1) is 12.0. The van der Waals surface area contributed by atoms with Crippen LogP contribution in [-0.4, -0.2) is 30.9 Å². The Bertz CT molecular complexity index is 387. The monoisotopic (exact) mass is 236 g/mol. The Hall–Kier alpha value is -1.42. The minimum absolute atomic E-state index is 0.154. The van der Waals surface area contributed by atoms with Crippen LogP contribution in [0, 0.1) is 11.7 Å². The van der Waals surface area contributed by atoms with Gasteiger partial charge in [0.05, 0.1) is 0 Å². The molecular weight excluding hydrogens is 219 g/mol. The molecule has 17 heavy (non-hydrogen) atoms. The molecule has 1 N–H and O–H groups in total. The normalized spacial score (nSPS) is 15.4. The van der Waals surface area contributed by atoms with Gasteiger partial charge in [0.15, 0.2) is 0 Å². The minimum Gasteiger partial charge on any atom is -0.341 e. The van der Waals surface area contributed by atoms with Gasteiger partial charge in [-0.25, -0.2) is 4.39 Å². The van der Waals surface area contributed by atoms with Gasteiger partial charge in [-0.2, -0.15) is 0 Å². The number of carbonyl (C=O) groups is 1. The summed E-state index contributed by atoms with van der Waals surface area (Å²) < 4.78 is 12.7. The molecule has 0 bridgehead atoms. The topological polar surface area (TPSA) is 32.3 Å². The van der Waals surface area contributed by atoms with Crippen LogP contribution < -0.4 is 5.32 Å². The van der Waals surface area contributed by atoms with Crippen molar-refractivity contribution < 1.29 is 9.18 Å². The number of carbonyl (C=O) groups excluding carboxylic acids is 1. The molecule has 4 heteroatoms. The number of nitrogens with zero attached hydrogens (tertiary/aromatic N) is 1. The highest BCUT2D eigenvalue weighted by molar-refractivity contribution is 5.76. The zero-order chi connectivity index (χ0) is 12.3. The molecule has 3 nitrogen and oxygen atoms in total. The van der Waals surface area contributed by atoms with E-state index in [0.717, 1.165) is 18.7 Å². The van der Waals surface area contributed by atoms with Crippen molar-refractivity contribution in [1.29, 1.82) is 0 Å². The van der Waals surface area contributed by atoms with E-state index in [-0.39, 0.29) is 11.7 Å². The molecule has 0 spiro atoms. The second-order valence-corrected chi connectivity index (χ2v) is 4.60. The molecule has 0 atom stereocenters. The predicted octanol–water partition coefficient (Wildman–Crippen LogP) is 1.39. The fourth-order valence-corrected chi connectivity index (χ4v) is 1.85. The first-order chi connectivity index (χ1) is 8.15. The van der Waals surface area contributed by atoms with Gasteiger partial charge in [0.1, 0.15) is 5.82 Å². The minimum atomic E-state index is -0.247. The van der Waals surface area contributed by atoms with Gasteiger partial charge < -0.3 is 10.2 Å². The Morgan fingerprint density at radius 3 is 2.59 bits per heavy atom. The molecule has 1 heterocycles. The predicted molar refractivity (Wildman–Crippen MR) is 63.9 cm³/mol. The largest absolute Gasteiger partial charge is 0.341 e. The summed E-state index contributed by atoms with van der Waals surface area (Å²) >= 11 is 0. The Morgan fingerprint density at radius 1 is 1.41 bits per heavy atom. The molecule has 1 aromatic carbocycles. The van der Waals surface area contributed by atoms with Crippen molar-refractivity contribution in [1.82, 2.24) is 10.2 Å². The molecule has 0 saturated carbocycles. The standard InChI is InChI=1S/C13H17FN2O/c1-16(13(17)6-11-7-15-8-11)9-10-2-4-12(14)5-3-10/h2-5,11,15H,6-9H2,1H3. The van der Waals surface area contributed by atoms with Gasteiger partial charge in [-0.15, -0.1) is 0 Å². The van der Waals surface area contributed by atoms with Gasteiger partial charge in [-0.1, -0.05) is 12.1 Å². The highest BCUT2D eigenvalue weighted by Gasteiger charge is 2.21. The second kappa shape index (κ2) is 5.27. The zero-order valence-electron chi connectivity index (χ0n) is 9.95. The SMILES string of the molecule is CN(Cc1ccc(F)cc1)C(=O)CC1CNC1. The lowest BCUT2D eigenvalue weighted by molar-refractivity contribution is -0.131. The molecular formula is C13H17FN2O. The number of amides is 1. The third-order valence-electron chi connectivity index (χ3n) is 3.09. The van der Waals surface area contributed by atoms with E-state index in [2.05, 4.69) is 5.32 Å². The molecule has 1 saturated heterocycles. The highest BCUT2D eigenvalue weighted by atomic mass is 19.1. The quantitative estimate of drug-likeness (QED) is 0.857. The molecule has 1 aromatic rings. The van der Waals surface area contributed by atoms with Crippen molar-refractivity contribution in [2.45, 2.75) is 13.0 Å². The molecule has 1 aliphatic heterocycles. The lowest BCUT2D eigenvalue weighted by atomic mass is 9.99. The van der Waals surface area contributed by atoms with Crippen LogP contribution in [0.15, 0.2) is 24.3 Å². The van der Waals surface area contributed by atoms with Crippen LogP contribution in [0.3, 0.4) is 0 Å². The Balaban J connectivity index is 1.84. The molecule has 1 fully saturated rings. The van der Waals surface area contributed by atoms with Gasteiger partial charge in [0.25, 0.3) is 0 Å².